The second kappa shape index (κ2) is 6.70. The smallest absolute Gasteiger partial charge is 0.0584 e. The molecular weight excluding hydrogens is 328 g/mol. The summed E-state index contributed by atoms with van der Waals surface area (Å²) in [6.45, 7) is 23.6. The minimum atomic E-state index is 0.203. The van der Waals surface area contributed by atoms with Gasteiger partial charge < -0.3 is 0 Å². The minimum Gasteiger partial charge on any atom is -0.292 e. The Kier molecular flexibility index (Phi) is 5.22. The van der Waals surface area contributed by atoms with Gasteiger partial charge in [0.1, 0.15) is 0 Å². The number of fused-ring (bicyclic) bond motifs is 2. The van der Waals surface area contributed by atoms with Crippen molar-refractivity contribution in [2.45, 2.75) is 94.4 Å². The Morgan fingerprint density at radius 1 is 0.852 bits per heavy atom. The summed E-state index contributed by atoms with van der Waals surface area (Å²) in [4.78, 5) is 10.2. The van der Waals surface area contributed by atoms with Crippen LogP contribution in [0.4, 0.5) is 0 Å². The quantitative estimate of drug-likeness (QED) is 0.472. The first-order valence-corrected chi connectivity index (χ1v) is 11.5. The van der Waals surface area contributed by atoms with Crippen molar-refractivity contribution in [1.82, 2.24) is 0 Å². The van der Waals surface area contributed by atoms with Crippen molar-refractivity contribution in [2.75, 3.05) is 13.1 Å². The molecule has 4 unspecified atom stereocenters. The van der Waals surface area contributed by atoms with Crippen molar-refractivity contribution in [3.05, 3.63) is 0 Å². The van der Waals surface area contributed by atoms with Crippen LogP contribution in [0.2, 0.25) is 0 Å². The summed E-state index contributed by atoms with van der Waals surface area (Å²) in [5, 5.41) is 0. The molecule has 2 bridgehead atoms. The highest BCUT2D eigenvalue weighted by Crippen LogP contribution is 2.66. The molecule has 27 heavy (non-hydrogen) atoms. The van der Waals surface area contributed by atoms with E-state index in [0.717, 1.165) is 30.8 Å². The van der Waals surface area contributed by atoms with E-state index in [0.29, 0.717) is 16.2 Å². The first kappa shape index (κ1) is 21.1. The van der Waals surface area contributed by atoms with Crippen LogP contribution >= 0.6 is 0 Å². The maximum absolute atomic E-state index is 5.13. The summed E-state index contributed by atoms with van der Waals surface area (Å²) < 4.78 is 0. The van der Waals surface area contributed by atoms with Crippen LogP contribution in [-0.2, 0) is 0 Å². The van der Waals surface area contributed by atoms with Crippen molar-refractivity contribution in [3.8, 4) is 0 Å². The molecule has 0 aromatic heterocycles. The minimum absolute atomic E-state index is 0.203. The average Bonchev–Trinajstić information content (AvgIpc) is 2.94. The normalized spacial score (nSPS) is 41.7. The van der Waals surface area contributed by atoms with Crippen molar-refractivity contribution >= 4 is 11.4 Å². The summed E-state index contributed by atoms with van der Waals surface area (Å²) in [5.74, 6) is 2.36. The van der Waals surface area contributed by atoms with Gasteiger partial charge in [0.25, 0.3) is 0 Å². The lowest BCUT2D eigenvalue weighted by Gasteiger charge is -2.39. The fourth-order valence-corrected chi connectivity index (χ4v) is 6.75. The van der Waals surface area contributed by atoms with Gasteiger partial charge in [-0.3, -0.25) is 9.98 Å². The van der Waals surface area contributed by atoms with Gasteiger partial charge in [0.05, 0.1) is 13.1 Å². The van der Waals surface area contributed by atoms with E-state index >= 15 is 0 Å². The molecule has 3 saturated carbocycles. The van der Waals surface area contributed by atoms with E-state index < -0.39 is 0 Å². The molecule has 154 valence electrons. The lowest BCUT2D eigenvalue weighted by atomic mass is 9.66. The standard InChI is InChI=1S/C25H44N2/c1-10-11-18-15-20(24(7,8)22(18,3)4)26-12-13-27-21-16-19-14-17(2)25(21,9)23(19,5)6/h17-19H,10-16H2,1-9H3. The zero-order valence-corrected chi connectivity index (χ0v) is 19.6. The molecule has 0 spiro atoms. The summed E-state index contributed by atoms with van der Waals surface area (Å²) in [6, 6.07) is 0. The van der Waals surface area contributed by atoms with Gasteiger partial charge in [-0.05, 0) is 54.3 Å². The van der Waals surface area contributed by atoms with Crippen LogP contribution in [0.5, 0.6) is 0 Å². The summed E-state index contributed by atoms with van der Waals surface area (Å²) in [7, 11) is 0. The Morgan fingerprint density at radius 2 is 1.44 bits per heavy atom. The van der Waals surface area contributed by atoms with E-state index in [9.17, 15) is 0 Å². The third-order valence-electron chi connectivity index (χ3n) is 10.2. The van der Waals surface area contributed by atoms with E-state index in [4.69, 9.17) is 9.98 Å². The molecule has 0 aromatic carbocycles. The molecule has 2 heteroatoms. The van der Waals surface area contributed by atoms with Gasteiger partial charge in [-0.15, -0.1) is 0 Å². The molecule has 3 aliphatic carbocycles. The highest BCUT2D eigenvalue weighted by molar-refractivity contribution is 5.95. The highest BCUT2D eigenvalue weighted by atomic mass is 14.9. The van der Waals surface area contributed by atoms with E-state index in [1.54, 1.807) is 0 Å². The first-order chi connectivity index (χ1) is 12.4. The fraction of sp³-hybridized carbons (Fsp3) is 0.920. The Hall–Kier alpha value is -0.660. The molecule has 0 N–H and O–H groups in total. The van der Waals surface area contributed by atoms with Crippen molar-refractivity contribution < 1.29 is 0 Å². The maximum Gasteiger partial charge on any atom is 0.0584 e. The van der Waals surface area contributed by atoms with Crippen LogP contribution in [0.25, 0.3) is 0 Å². The Bertz CT molecular complexity index is 637. The van der Waals surface area contributed by atoms with Crippen LogP contribution in [0.3, 0.4) is 0 Å². The second-order valence-corrected chi connectivity index (χ2v) is 11.7. The van der Waals surface area contributed by atoms with Crippen LogP contribution in [0, 0.1) is 39.4 Å². The average molecular weight is 373 g/mol. The second-order valence-electron chi connectivity index (χ2n) is 11.7. The number of hydrogen-bond acceptors (Lipinski definition) is 2. The third kappa shape index (κ3) is 2.87. The number of rotatable bonds is 5. The Morgan fingerprint density at radius 3 is 1.96 bits per heavy atom. The molecule has 0 heterocycles. The van der Waals surface area contributed by atoms with Gasteiger partial charge >= 0.3 is 0 Å². The fourth-order valence-electron chi connectivity index (χ4n) is 6.75. The Labute approximate surface area is 168 Å². The molecule has 3 rings (SSSR count). The molecule has 0 amide bonds. The number of hydrogen-bond donors (Lipinski definition) is 0. The lowest BCUT2D eigenvalue weighted by molar-refractivity contribution is 0.128. The number of aliphatic imine (C=N–C) groups is 2. The van der Waals surface area contributed by atoms with E-state index in [1.807, 2.05) is 0 Å². The lowest BCUT2D eigenvalue weighted by Crippen LogP contribution is -2.37. The van der Waals surface area contributed by atoms with Gasteiger partial charge in [0.15, 0.2) is 0 Å². The number of nitrogens with zero attached hydrogens (tertiary/aromatic N) is 2. The molecule has 2 nitrogen and oxygen atoms in total. The summed E-state index contributed by atoms with van der Waals surface area (Å²) >= 11 is 0. The molecule has 0 aliphatic heterocycles. The topological polar surface area (TPSA) is 24.7 Å². The van der Waals surface area contributed by atoms with Crippen LogP contribution < -0.4 is 0 Å². The van der Waals surface area contributed by atoms with Gasteiger partial charge in [-0.2, -0.15) is 0 Å². The molecule has 3 aliphatic rings. The van der Waals surface area contributed by atoms with Crippen molar-refractivity contribution in [3.63, 3.8) is 0 Å². The predicted molar refractivity (Wildman–Crippen MR) is 119 cm³/mol. The third-order valence-corrected chi connectivity index (χ3v) is 10.2. The van der Waals surface area contributed by atoms with Crippen LogP contribution in [-0.4, -0.2) is 24.5 Å². The van der Waals surface area contributed by atoms with Crippen LogP contribution in [0.15, 0.2) is 9.98 Å². The first-order valence-electron chi connectivity index (χ1n) is 11.5. The zero-order valence-electron chi connectivity index (χ0n) is 19.6. The van der Waals surface area contributed by atoms with Crippen molar-refractivity contribution in [2.24, 2.45) is 49.4 Å². The highest BCUT2D eigenvalue weighted by Gasteiger charge is 2.63. The monoisotopic (exact) mass is 372 g/mol. The molecule has 0 aromatic rings. The van der Waals surface area contributed by atoms with E-state index in [2.05, 4.69) is 62.3 Å². The largest absolute Gasteiger partial charge is 0.292 e. The van der Waals surface area contributed by atoms with Gasteiger partial charge in [-0.25, -0.2) is 0 Å². The molecular formula is C25H44N2. The molecule has 3 fully saturated rings. The zero-order chi connectivity index (χ0) is 20.3. The SMILES string of the molecule is CCCC1CC(=NCCN=C2CC3CC(C)C2(C)C3(C)C)C(C)(C)C1(C)C. The molecule has 0 radical (unpaired) electrons. The molecule has 4 atom stereocenters. The van der Waals surface area contributed by atoms with Crippen LogP contribution in [0.1, 0.15) is 94.4 Å². The molecule has 0 saturated heterocycles. The maximum atomic E-state index is 5.13. The van der Waals surface area contributed by atoms with Gasteiger partial charge in [0, 0.05) is 22.3 Å². The summed E-state index contributed by atoms with van der Waals surface area (Å²) in [6.07, 6.45) is 6.39. The van der Waals surface area contributed by atoms with Gasteiger partial charge in [-0.1, -0.05) is 68.7 Å². The Balaban J connectivity index is 1.69. The van der Waals surface area contributed by atoms with Crippen molar-refractivity contribution in [1.29, 1.82) is 0 Å². The van der Waals surface area contributed by atoms with E-state index in [1.165, 1.54) is 43.5 Å². The van der Waals surface area contributed by atoms with E-state index in [-0.39, 0.29) is 5.41 Å². The van der Waals surface area contributed by atoms with Gasteiger partial charge in [0.2, 0.25) is 0 Å². The summed E-state index contributed by atoms with van der Waals surface area (Å²) in [5.41, 5.74) is 4.18. The predicted octanol–water partition coefficient (Wildman–Crippen LogP) is 6.83.